The largest absolute Gasteiger partial charge is 0.507 e. The van der Waals surface area contributed by atoms with Crippen LogP contribution in [0, 0.1) is 6.92 Å². The summed E-state index contributed by atoms with van der Waals surface area (Å²) in [6.45, 7) is 1.70. The Morgan fingerprint density at radius 1 is 1.12 bits per heavy atom. The molecule has 132 valence electrons. The van der Waals surface area contributed by atoms with Gasteiger partial charge < -0.3 is 5.11 Å². The molecule has 0 saturated heterocycles. The first kappa shape index (κ1) is 17.2. The molecule has 0 aliphatic carbocycles. The van der Waals surface area contributed by atoms with Crippen LogP contribution in [0.5, 0.6) is 5.75 Å². The van der Waals surface area contributed by atoms with Crippen molar-refractivity contribution in [3.63, 3.8) is 0 Å². The Morgan fingerprint density at radius 2 is 1.77 bits per heavy atom. The second kappa shape index (κ2) is 7.10. The maximum Gasteiger partial charge on any atom is 0.275 e. The average Bonchev–Trinajstić information content (AvgIpc) is 2.86. The fourth-order valence-electron chi connectivity index (χ4n) is 2.67. The summed E-state index contributed by atoms with van der Waals surface area (Å²) in [5, 5.41) is 13.6. The molecule has 0 radical (unpaired) electrons. The van der Waals surface area contributed by atoms with Gasteiger partial charge in [-0.25, -0.2) is 10.1 Å². The molecular formula is C19H18N4O3. The van der Waals surface area contributed by atoms with Crippen LogP contribution in [0.1, 0.15) is 21.6 Å². The standard InChI is InChI=1S/C19H18N4O3/c1-13-16(12-20-21-18(25)15-10-6-7-11-17(15)24)22(2)23(19(13)26)14-8-4-3-5-9-14/h3-12,24H,1-2H3,(H,21,25)/b20-12-. The number of nitrogens with zero attached hydrogens (tertiary/aromatic N) is 3. The molecule has 7 heteroatoms. The lowest BCUT2D eigenvalue weighted by molar-refractivity contribution is 0.0952. The van der Waals surface area contributed by atoms with E-state index in [0.29, 0.717) is 11.3 Å². The van der Waals surface area contributed by atoms with E-state index in [2.05, 4.69) is 10.5 Å². The summed E-state index contributed by atoms with van der Waals surface area (Å²) in [6, 6.07) is 15.4. The van der Waals surface area contributed by atoms with E-state index < -0.39 is 5.91 Å². The number of carbonyl (C=O) groups excluding carboxylic acids is 1. The second-order valence-corrected chi connectivity index (χ2v) is 5.70. The van der Waals surface area contributed by atoms with Crippen LogP contribution in [0.4, 0.5) is 0 Å². The molecule has 2 aromatic carbocycles. The third-order valence-corrected chi connectivity index (χ3v) is 4.05. The molecule has 0 fully saturated rings. The number of nitrogens with one attached hydrogen (secondary N) is 1. The van der Waals surface area contributed by atoms with E-state index in [1.54, 1.807) is 30.8 Å². The maximum absolute atomic E-state index is 12.5. The number of benzene rings is 2. The first-order valence-electron chi connectivity index (χ1n) is 7.96. The van der Waals surface area contributed by atoms with Gasteiger partial charge in [-0.3, -0.25) is 14.3 Å². The lowest BCUT2D eigenvalue weighted by Crippen LogP contribution is -2.20. The van der Waals surface area contributed by atoms with E-state index in [-0.39, 0.29) is 16.9 Å². The number of rotatable bonds is 4. The highest BCUT2D eigenvalue weighted by Crippen LogP contribution is 2.15. The number of aromatic nitrogens is 2. The molecule has 0 spiro atoms. The summed E-state index contributed by atoms with van der Waals surface area (Å²) in [6.07, 6.45) is 1.41. The van der Waals surface area contributed by atoms with E-state index in [4.69, 9.17) is 0 Å². The number of hydrazone groups is 1. The van der Waals surface area contributed by atoms with Crippen LogP contribution in [0.2, 0.25) is 0 Å². The van der Waals surface area contributed by atoms with Gasteiger partial charge in [-0.15, -0.1) is 0 Å². The quantitative estimate of drug-likeness (QED) is 0.557. The van der Waals surface area contributed by atoms with Crippen molar-refractivity contribution in [1.82, 2.24) is 14.8 Å². The minimum absolute atomic E-state index is 0.122. The smallest absolute Gasteiger partial charge is 0.275 e. The van der Waals surface area contributed by atoms with E-state index in [9.17, 15) is 14.7 Å². The van der Waals surface area contributed by atoms with Crippen LogP contribution < -0.4 is 11.0 Å². The molecule has 0 unspecified atom stereocenters. The van der Waals surface area contributed by atoms with Crippen LogP contribution in [0.3, 0.4) is 0 Å². The average molecular weight is 350 g/mol. The zero-order chi connectivity index (χ0) is 18.7. The summed E-state index contributed by atoms with van der Waals surface area (Å²) >= 11 is 0. The molecule has 3 aromatic rings. The van der Waals surface area contributed by atoms with Gasteiger partial charge in [-0.2, -0.15) is 5.10 Å². The van der Waals surface area contributed by atoms with Crippen molar-refractivity contribution in [1.29, 1.82) is 0 Å². The van der Waals surface area contributed by atoms with Crippen molar-refractivity contribution in [2.75, 3.05) is 0 Å². The molecule has 2 N–H and O–H groups in total. The number of carbonyl (C=O) groups is 1. The fraction of sp³-hybridized carbons (Fsp3) is 0.105. The SMILES string of the molecule is Cc1c(/C=N\NC(=O)c2ccccc2O)n(C)n(-c2ccccc2)c1=O. The van der Waals surface area contributed by atoms with Crippen LogP contribution >= 0.6 is 0 Å². The van der Waals surface area contributed by atoms with E-state index >= 15 is 0 Å². The number of phenolic OH excluding ortho intramolecular Hbond substituents is 1. The minimum atomic E-state index is -0.538. The zero-order valence-corrected chi connectivity index (χ0v) is 14.4. The molecule has 1 aromatic heterocycles. The first-order valence-corrected chi connectivity index (χ1v) is 7.96. The molecule has 0 atom stereocenters. The van der Waals surface area contributed by atoms with Gasteiger partial charge in [0, 0.05) is 12.6 Å². The van der Waals surface area contributed by atoms with Gasteiger partial charge in [-0.05, 0) is 31.2 Å². The van der Waals surface area contributed by atoms with Gasteiger partial charge in [0.2, 0.25) is 0 Å². The van der Waals surface area contributed by atoms with Gasteiger partial charge in [0.25, 0.3) is 11.5 Å². The molecular weight excluding hydrogens is 332 g/mol. The number of aromatic hydroxyl groups is 1. The summed E-state index contributed by atoms with van der Waals surface area (Å²) in [5.74, 6) is -0.663. The molecule has 26 heavy (non-hydrogen) atoms. The molecule has 3 rings (SSSR count). The highest BCUT2D eigenvalue weighted by atomic mass is 16.3. The van der Waals surface area contributed by atoms with Crippen molar-refractivity contribution < 1.29 is 9.90 Å². The Morgan fingerprint density at radius 3 is 2.46 bits per heavy atom. The lowest BCUT2D eigenvalue weighted by atomic mass is 10.2. The van der Waals surface area contributed by atoms with Crippen molar-refractivity contribution >= 4 is 12.1 Å². The van der Waals surface area contributed by atoms with E-state index in [1.165, 1.54) is 23.0 Å². The number of phenols is 1. The van der Waals surface area contributed by atoms with E-state index in [1.807, 2.05) is 30.3 Å². The third kappa shape index (κ3) is 3.14. The highest BCUT2D eigenvalue weighted by molar-refractivity contribution is 5.97. The third-order valence-electron chi connectivity index (χ3n) is 4.05. The summed E-state index contributed by atoms with van der Waals surface area (Å²) in [4.78, 5) is 24.6. The first-order chi connectivity index (χ1) is 12.5. The van der Waals surface area contributed by atoms with Crippen molar-refractivity contribution in [2.45, 2.75) is 6.92 Å². The molecule has 7 nitrogen and oxygen atoms in total. The molecule has 0 aliphatic rings. The topological polar surface area (TPSA) is 88.6 Å². The predicted molar refractivity (Wildman–Crippen MR) is 98.9 cm³/mol. The van der Waals surface area contributed by atoms with Gasteiger partial charge in [-0.1, -0.05) is 30.3 Å². The normalized spacial score (nSPS) is 11.0. The van der Waals surface area contributed by atoms with Gasteiger partial charge >= 0.3 is 0 Å². The van der Waals surface area contributed by atoms with Crippen LogP contribution in [-0.2, 0) is 7.05 Å². The summed E-state index contributed by atoms with van der Waals surface area (Å²) in [5.41, 5.74) is 4.13. The van der Waals surface area contributed by atoms with Crippen LogP contribution in [-0.4, -0.2) is 26.6 Å². The van der Waals surface area contributed by atoms with Crippen molar-refractivity contribution in [3.8, 4) is 11.4 Å². The molecule has 0 saturated carbocycles. The van der Waals surface area contributed by atoms with Crippen molar-refractivity contribution in [3.05, 3.63) is 81.8 Å². The molecule has 1 amide bonds. The molecule has 0 aliphatic heterocycles. The Bertz CT molecular complexity index is 1030. The second-order valence-electron chi connectivity index (χ2n) is 5.70. The van der Waals surface area contributed by atoms with Crippen molar-refractivity contribution in [2.24, 2.45) is 12.1 Å². The van der Waals surface area contributed by atoms with Gasteiger partial charge in [0.05, 0.1) is 23.2 Å². The molecule has 1 heterocycles. The van der Waals surface area contributed by atoms with E-state index in [0.717, 1.165) is 5.69 Å². The molecule has 0 bridgehead atoms. The highest BCUT2D eigenvalue weighted by Gasteiger charge is 2.14. The predicted octanol–water partition coefficient (Wildman–Crippen LogP) is 1.95. The van der Waals surface area contributed by atoms with Gasteiger partial charge in [0.15, 0.2) is 0 Å². The minimum Gasteiger partial charge on any atom is -0.507 e. The van der Waals surface area contributed by atoms with Crippen LogP contribution in [0.25, 0.3) is 5.69 Å². The summed E-state index contributed by atoms with van der Waals surface area (Å²) < 4.78 is 3.20. The summed E-state index contributed by atoms with van der Waals surface area (Å²) in [7, 11) is 1.74. The Labute approximate surface area is 149 Å². The number of hydrogen-bond acceptors (Lipinski definition) is 4. The number of para-hydroxylation sites is 2. The number of amides is 1. The Hall–Kier alpha value is -3.61. The fourth-order valence-corrected chi connectivity index (χ4v) is 2.67. The monoisotopic (exact) mass is 350 g/mol. The Kier molecular flexibility index (Phi) is 4.70. The maximum atomic E-state index is 12.5. The lowest BCUT2D eigenvalue weighted by Gasteiger charge is -2.08. The Balaban J connectivity index is 1.87. The number of hydrogen-bond donors (Lipinski definition) is 2. The van der Waals surface area contributed by atoms with Crippen LogP contribution in [0.15, 0.2) is 64.5 Å². The zero-order valence-electron chi connectivity index (χ0n) is 14.4. The van der Waals surface area contributed by atoms with Gasteiger partial charge in [0.1, 0.15) is 5.75 Å².